The average molecular weight is 182 g/mol. The Balaban J connectivity index is 2.05. The summed E-state index contributed by atoms with van der Waals surface area (Å²) in [5.41, 5.74) is 0. The van der Waals surface area contributed by atoms with Crippen LogP contribution in [0.2, 0.25) is 0 Å². The van der Waals surface area contributed by atoms with E-state index in [-0.39, 0.29) is 6.04 Å². The fourth-order valence-electron chi connectivity index (χ4n) is 2.42. The molecular weight excluding hydrogens is 164 g/mol. The van der Waals surface area contributed by atoms with Gasteiger partial charge < -0.3 is 4.90 Å². The van der Waals surface area contributed by atoms with Crippen molar-refractivity contribution in [3.05, 3.63) is 0 Å². The summed E-state index contributed by atoms with van der Waals surface area (Å²) in [5.74, 6) is 0.369. The lowest BCUT2D eigenvalue weighted by Crippen LogP contribution is -2.58. The lowest BCUT2D eigenvalue weighted by molar-refractivity contribution is -0.143. The lowest BCUT2D eigenvalue weighted by Gasteiger charge is -2.42. The van der Waals surface area contributed by atoms with E-state index in [0.717, 1.165) is 32.6 Å². The van der Waals surface area contributed by atoms with Crippen LogP contribution in [0.1, 0.15) is 26.2 Å². The van der Waals surface area contributed by atoms with Crippen molar-refractivity contribution in [3.63, 3.8) is 0 Å². The monoisotopic (exact) mass is 182 g/mol. The van der Waals surface area contributed by atoms with Crippen molar-refractivity contribution in [1.82, 2.24) is 9.80 Å². The number of carbonyl (C=O) groups excluding carboxylic acids is 1. The van der Waals surface area contributed by atoms with Gasteiger partial charge in [-0.25, -0.2) is 0 Å². The van der Waals surface area contributed by atoms with Crippen LogP contribution >= 0.6 is 0 Å². The van der Waals surface area contributed by atoms with Crippen LogP contribution in [0.5, 0.6) is 0 Å². The molecule has 0 aliphatic carbocycles. The highest BCUT2D eigenvalue weighted by Gasteiger charge is 2.34. The summed E-state index contributed by atoms with van der Waals surface area (Å²) in [6.07, 6.45) is 3.58. The maximum atomic E-state index is 11.9. The fourth-order valence-corrected chi connectivity index (χ4v) is 2.42. The Hall–Kier alpha value is -0.570. The summed E-state index contributed by atoms with van der Waals surface area (Å²) < 4.78 is 0. The molecule has 2 aliphatic rings. The van der Waals surface area contributed by atoms with Gasteiger partial charge in [-0.1, -0.05) is 6.42 Å². The first-order valence-corrected chi connectivity index (χ1v) is 5.35. The van der Waals surface area contributed by atoms with Crippen molar-refractivity contribution in [2.45, 2.75) is 32.2 Å². The first-order valence-electron chi connectivity index (χ1n) is 5.35. The van der Waals surface area contributed by atoms with E-state index in [4.69, 9.17) is 0 Å². The molecule has 2 aliphatic heterocycles. The topological polar surface area (TPSA) is 23.6 Å². The van der Waals surface area contributed by atoms with Crippen LogP contribution in [0.15, 0.2) is 0 Å². The maximum Gasteiger partial charge on any atom is 0.239 e. The predicted octanol–water partition coefficient (Wildman–Crippen LogP) is 0.703. The van der Waals surface area contributed by atoms with E-state index in [1.165, 1.54) is 12.8 Å². The third-order valence-electron chi connectivity index (χ3n) is 3.25. The van der Waals surface area contributed by atoms with Crippen molar-refractivity contribution in [2.75, 3.05) is 26.2 Å². The molecule has 0 aromatic rings. The standard InChI is InChI=1S/C10H18N2O/c1-2-11-7-8-12-6-4-3-5-9(12)10(11)13/h9H,2-8H2,1H3/t9-/m0/s1. The molecule has 13 heavy (non-hydrogen) atoms. The van der Waals surface area contributed by atoms with Gasteiger partial charge in [0.15, 0.2) is 0 Å². The first-order chi connectivity index (χ1) is 6.33. The third-order valence-corrected chi connectivity index (χ3v) is 3.25. The van der Waals surface area contributed by atoms with Gasteiger partial charge in [0.25, 0.3) is 0 Å². The molecule has 3 nitrogen and oxygen atoms in total. The molecule has 1 atom stereocenters. The minimum Gasteiger partial charge on any atom is -0.340 e. The van der Waals surface area contributed by atoms with Crippen molar-refractivity contribution >= 4 is 5.91 Å². The first kappa shape index (κ1) is 9.00. The van der Waals surface area contributed by atoms with Crippen LogP contribution in [-0.2, 0) is 4.79 Å². The Kier molecular flexibility index (Phi) is 2.54. The molecule has 2 heterocycles. The van der Waals surface area contributed by atoms with Crippen LogP contribution in [0.25, 0.3) is 0 Å². The summed E-state index contributed by atoms with van der Waals surface area (Å²) in [5, 5.41) is 0. The number of amides is 1. The van der Waals surface area contributed by atoms with E-state index >= 15 is 0 Å². The van der Waals surface area contributed by atoms with E-state index in [0.29, 0.717) is 5.91 Å². The van der Waals surface area contributed by atoms with Gasteiger partial charge in [-0.05, 0) is 26.3 Å². The molecule has 0 saturated carbocycles. The van der Waals surface area contributed by atoms with Crippen LogP contribution in [0.3, 0.4) is 0 Å². The second kappa shape index (κ2) is 3.66. The van der Waals surface area contributed by atoms with Gasteiger partial charge in [-0.3, -0.25) is 9.69 Å². The Morgan fingerprint density at radius 2 is 2.15 bits per heavy atom. The number of carbonyl (C=O) groups is 1. The summed E-state index contributed by atoms with van der Waals surface area (Å²) in [4.78, 5) is 16.2. The zero-order valence-electron chi connectivity index (χ0n) is 8.33. The largest absolute Gasteiger partial charge is 0.340 e. The van der Waals surface area contributed by atoms with Crippen molar-refractivity contribution in [3.8, 4) is 0 Å². The summed E-state index contributed by atoms with van der Waals surface area (Å²) >= 11 is 0. The van der Waals surface area contributed by atoms with Crippen LogP contribution in [0.4, 0.5) is 0 Å². The highest BCUT2D eigenvalue weighted by atomic mass is 16.2. The van der Waals surface area contributed by atoms with Crippen LogP contribution in [0, 0.1) is 0 Å². The van der Waals surface area contributed by atoms with Crippen LogP contribution in [-0.4, -0.2) is 47.9 Å². The minimum absolute atomic E-state index is 0.224. The van der Waals surface area contributed by atoms with Crippen molar-refractivity contribution in [1.29, 1.82) is 0 Å². The second-order valence-electron chi connectivity index (χ2n) is 3.97. The highest BCUT2D eigenvalue weighted by Crippen LogP contribution is 2.21. The Labute approximate surface area is 79.7 Å². The van der Waals surface area contributed by atoms with Gasteiger partial charge >= 0.3 is 0 Å². The number of rotatable bonds is 1. The third kappa shape index (κ3) is 1.57. The molecule has 3 heteroatoms. The molecule has 0 N–H and O–H groups in total. The second-order valence-corrected chi connectivity index (χ2v) is 3.97. The fraction of sp³-hybridized carbons (Fsp3) is 0.900. The van der Waals surface area contributed by atoms with Gasteiger partial charge in [0.1, 0.15) is 0 Å². The molecule has 0 unspecified atom stereocenters. The summed E-state index contributed by atoms with van der Waals surface area (Å²) in [6, 6.07) is 0.224. The molecule has 2 saturated heterocycles. The number of fused-ring (bicyclic) bond motifs is 1. The molecule has 0 aromatic carbocycles. The highest BCUT2D eigenvalue weighted by molar-refractivity contribution is 5.82. The van der Waals surface area contributed by atoms with E-state index in [9.17, 15) is 4.79 Å². The molecule has 0 spiro atoms. The normalized spacial score (nSPS) is 30.4. The molecule has 2 fully saturated rings. The number of piperidine rings is 1. The molecule has 0 radical (unpaired) electrons. The zero-order chi connectivity index (χ0) is 9.26. The quantitative estimate of drug-likeness (QED) is 0.596. The Morgan fingerprint density at radius 1 is 1.31 bits per heavy atom. The number of hydrogen-bond donors (Lipinski definition) is 0. The molecule has 0 bridgehead atoms. The SMILES string of the molecule is CCN1CCN2CCCC[C@H]2C1=O. The zero-order valence-corrected chi connectivity index (χ0v) is 8.33. The average Bonchev–Trinajstić information content (AvgIpc) is 2.19. The van der Waals surface area contributed by atoms with E-state index < -0.39 is 0 Å². The maximum absolute atomic E-state index is 11.9. The molecule has 2 rings (SSSR count). The molecule has 1 amide bonds. The van der Waals surface area contributed by atoms with Crippen molar-refractivity contribution < 1.29 is 4.79 Å². The summed E-state index contributed by atoms with van der Waals surface area (Å²) in [7, 11) is 0. The van der Waals surface area contributed by atoms with E-state index in [2.05, 4.69) is 11.8 Å². The van der Waals surface area contributed by atoms with Gasteiger partial charge in [0, 0.05) is 19.6 Å². The van der Waals surface area contributed by atoms with E-state index in [1.807, 2.05) is 4.90 Å². The van der Waals surface area contributed by atoms with Gasteiger partial charge in [-0.2, -0.15) is 0 Å². The van der Waals surface area contributed by atoms with Gasteiger partial charge in [0.05, 0.1) is 6.04 Å². The number of nitrogens with zero attached hydrogens (tertiary/aromatic N) is 2. The predicted molar refractivity (Wildman–Crippen MR) is 51.5 cm³/mol. The number of piperazine rings is 1. The summed E-state index contributed by atoms with van der Waals surface area (Å²) in [6.45, 7) is 6.10. The molecular formula is C10H18N2O. The van der Waals surface area contributed by atoms with Gasteiger partial charge in [0.2, 0.25) is 5.91 Å². The van der Waals surface area contributed by atoms with Crippen LogP contribution < -0.4 is 0 Å². The lowest BCUT2D eigenvalue weighted by atomic mass is 9.99. The Bertz CT molecular complexity index is 205. The minimum atomic E-state index is 0.224. The number of likely N-dealkylation sites (N-methyl/N-ethyl adjacent to an activating group) is 1. The van der Waals surface area contributed by atoms with E-state index in [1.54, 1.807) is 0 Å². The Morgan fingerprint density at radius 3 is 2.92 bits per heavy atom. The van der Waals surface area contributed by atoms with Crippen molar-refractivity contribution in [2.24, 2.45) is 0 Å². The number of hydrogen-bond acceptors (Lipinski definition) is 2. The smallest absolute Gasteiger partial charge is 0.239 e. The molecule has 74 valence electrons. The van der Waals surface area contributed by atoms with Gasteiger partial charge in [-0.15, -0.1) is 0 Å². The molecule has 0 aromatic heterocycles.